The van der Waals surface area contributed by atoms with Crippen LogP contribution in [0.25, 0.3) is 0 Å². The zero-order valence-electron chi connectivity index (χ0n) is 11.1. The summed E-state index contributed by atoms with van der Waals surface area (Å²) in [6.07, 6.45) is 5.12. The van der Waals surface area contributed by atoms with Crippen LogP contribution in [0.15, 0.2) is 18.3 Å². The maximum atomic E-state index is 11.9. The molecule has 1 amide bonds. The molecule has 0 aliphatic heterocycles. The van der Waals surface area contributed by atoms with Crippen molar-refractivity contribution in [3.8, 4) is 0 Å². The van der Waals surface area contributed by atoms with Crippen LogP contribution in [0.2, 0.25) is 0 Å². The molecule has 0 aromatic carbocycles. The van der Waals surface area contributed by atoms with Crippen molar-refractivity contribution < 1.29 is 4.79 Å². The average Bonchev–Trinajstić information content (AvgIpc) is 3.13. The average molecular weight is 247 g/mol. The van der Waals surface area contributed by atoms with Crippen molar-refractivity contribution in [2.24, 2.45) is 5.92 Å². The Morgan fingerprint density at radius 2 is 2.28 bits per heavy atom. The van der Waals surface area contributed by atoms with E-state index in [4.69, 9.17) is 0 Å². The van der Waals surface area contributed by atoms with E-state index in [0.29, 0.717) is 24.2 Å². The van der Waals surface area contributed by atoms with Crippen LogP contribution < -0.4 is 10.6 Å². The molecule has 18 heavy (non-hydrogen) atoms. The first-order valence-electron chi connectivity index (χ1n) is 6.66. The van der Waals surface area contributed by atoms with Crippen LogP contribution in [0.4, 0.5) is 5.69 Å². The minimum absolute atomic E-state index is 0.0879. The number of carbonyl (C=O) groups excluding carboxylic acids is 1. The normalized spacial score (nSPS) is 14.6. The van der Waals surface area contributed by atoms with E-state index in [1.165, 1.54) is 12.8 Å². The summed E-state index contributed by atoms with van der Waals surface area (Å²) < 4.78 is 0. The van der Waals surface area contributed by atoms with Gasteiger partial charge in [-0.1, -0.05) is 13.8 Å². The van der Waals surface area contributed by atoms with E-state index in [-0.39, 0.29) is 5.91 Å². The monoisotopic (exact) mass is 247 g/mol. The molecule has 2 rings (SSSR count). The Hall–Kier alpha value is -1.58. The molecule has 1 fully saturated rings. The van der Waals surface area contributed by atoms with E-state index < -0.39 is 0 Å². The second-order valence-corrected chi connectivity index (χ2v) is 5.29. The largest absolute Gasteiger partial charge is 0.382 e. The Morgan fingerprint density at radius 3 is 2.94 bits per heavy atom. The third-order valence-electron chi connectivity index (χ3n) is 2.95. The number of carbonyl (C=O) groups is 1. The fourth-order valence-corrected chi connectivity index (χ4v) is 1.67. The lowest BCUT2D eigenvalue weighted by Crippen LogP contribution is -2.26. The maximum absolute atomic E-state index is 11.9. The van der Waals surface area contributed by atoms with Crippen LogP contribution >= 0.6 is 0 Å². The highest BCUT2D eigenvalue weighted by Gasteiger charge is 2.21. The first-order chi connectivity index (χ1) is 8.65. The number of pyridine rings is 1. The highest BCUT2D eigenvalue weighted by atomic mass is 16.1. The molecule has 1 aliphatic carbocycles. The van der Waals surface area contributed by atoms with Gasteiger partial charge in [0.1, 0.15) is 5.69 Å². The molecule has 4 heteroatoms. The van der Waals surface area contributed by atoms with E-state index >= 15 is 0 Å². The standard InChI is InChI=1S/C14H21N3O/c1-10(2)5-7-16-14(18)13-9-12(6-8-15-13)17-11-3-4-11/h6,8-11H,3-5,7H2,1-2H3,(H,15,17)(H,16,18). The molecule has 98 valence electrons. The first kappa shape index (κ1) is 12.9. The van der Waals surface area contributed by atoms with E-state index in [1.807, 2.05) is 12.1 Å². The van der Waals surface area contributed by atoms with Crippen molar-refractivity contribution in [2.45, 2.75) is 39.2 Å². The number of hydrogen-bond donors (Lipinski definition) is 2. The molecule has 0 saturated heterocycles. The Bertz CT molecular complexity index is 413. The summed E-state index contributed by atoms with van der Waals surface area (Å²) >= 11 is 0. The van der Waals surface area contributed by atoms with Gasteiger partial charge in [-0.05, 0) is 37.3 Å². The summed E-state index contributed by atoms with van der Waals surface area (Å²) in [7, 11) is 0. The summed E-state index contributed by atoms with van der Waals surface area (Å²) in [5, 5.41) is 6.26. The predicted molar refractivity (Wildman–Crippen MR) is 72.7 cm³/mol. The van der Waals surface area contributed by atoms with Gasteiger partial charge in [0, 0.05) is 24.5 Å². The molecule has 0 atom stereocenters. The summed E-state index contributed by atoms with van der Waals surface area (Å²) in [6.45, 7) is 4.99. The zero-order chi connectivity index (χ0) is 13.0. The molecule has 0 unspecified atom stereocenters. The lowest BCUT2D eigenvalue weighted by Gasteiger charge is -2.08. The van der Waals surface area contributed by atoms with Gasteiger partial charge in [-0.15, -0.1) is 0 Å². The van der Waals surface area contributed by atoms with Crippen LogP contribution in [0.5, 0.6) is 0 Å². The number of aromatic nitrogens is 1. The topological polar surface area (TPSA) is 54.0 Å². The summed E-state index contributed by atoms with van der Waals surface area (Å²) in [4.78, 5) is 16.0. The minimum Gasteiger partial charge on any atom is -0.382 e. The van der Waals surface area contributed by atoms with Crippen LogP contribution in [0.3, 0.4) is 0 Å². The van der Waals surface area contributed by atoms with Crippen molar-refractivity contribution in [1.29, 1.82) is 0 Å². The molecule has 0 radical (unpaired) electrons. The molecule has 0 bridgehead atoms. The van der Waals surface area contributed by atoms with Crippen LogP contribution in [0.1, 0.15) is 43.6 Å². The summed E-state index contributed by atoms with van der Waals surface area (Å²) in [5.41, 5.74) is 1.48. The Kier molecular flexibility index (Phi) is 4.18. The number of hydrogen-bond acceptors (Lipinski definition) is 3. The van der Waals surface area contributed by atoms with E-state index in [9.17, 15) is 4.79 Å². The van der Waals surface area contributed by atoms with Crippen LogP contribution in [0, 0.1) is 5.92 Å². The zero-order valence-corrected chi connectivity index (χ0v) is 11.1. The number of anilines is 1. The Morgan fingerprint density at radius 1 is 1.50 bits per heavy atom. The third kappa shape index (κ3) is 4.02. The van der Waals surface area contributed by atoms with E-state index in [1.54, 1.807) is 6.20 Å². The molecular formula is C14H21N3O. The van der Waals surface area contributed by atoms with Gasteiger partial charge in [0.05, 0.1) is 0 Å². The highest BCUT2D eigenvalue weighted by Crippen LogP contribution is 2.24. The second kappa shape index (κ2) is 5.85. The van der Waals surface area contributed by atoms with Gasteiger partial charge < -0.3 is 10.6 Å². The second-order valence-electron chi connectivity index (χ2n) is 5.29. The Labute approximate surface area is 108 Å². The minimum atomic E-state index is -0.0879. The van der Waals surface area contributed by atoms with Crippen molar-refractivity contribution in [1.82, 2.24) is 10.3 Å². The smallest absolute Gasteiger partial charge is 0.269 e. The number of rotatable bonds is 6. The van der Waals surface area contributed by atoms with Crippen molar-refractivity contribution in [3.63, 3.8) is 0 Å². The SMILES string of the molecule is CC(C)CCNC(=O)c1cc(NC2CC2)ccn1. The van der Waals surface area contributed by atoms with Gasteiger partial charge in [-0.2, -0.15) is 0 Å². The summed E-state index contributed by atoms with van der Waals surface area (Å²) in [5.74, 6) is 0.510. The van der Waals surface area contributed by atoms with Crippen LogP contribution in [-0.4, -0.2) is 23.5 Å². The number of nitrogens with one attached hydrogen (secondary N) is 2. The highest BCUT2D eigenvalue weighted by molar-refractivity contribution is 5.93. The van der Waals surface area contributed by atoms with Gasteiger partial charge >= 0.3 is 0 Å². The molecule has 4 nitrogen and oxygen atoms in total. The lowest BCUT2D eigenvalue weighted by atomic mass is 10.1. The molecule has 0 spiro atoms. The number of amides is 1. The van der Waals surface area contributed by atoms with Gasteiger partial charge in [-0.3, -0.25) is 9.78 Å². The molecular weight excluding hydrogens is 226 g/mol. The maximum Gasteiger partial charge on any atom is 0.269 e. The Balaban J connectivity index is 1.88. The molecule has 1 aliphatic rings. The predicted octanol–water partition coefficient (Wildman–Crippen LogP) is 2.43. The van der Waals surface area contributed by atoms with E-state index in [0.717, 1.165) is 12.1 Å². The van der Waals surface area contributed by atoms with Crippen LogP contribution in [-0.2, 0) is 0 Å². The van der Waals surface area contributed by atoms with Gasteiger partial charge in [0.15, 0.2) is 0 Å². The molecule has 1 saturated carbocycles. The lowest BCUT2D eigenvalue weighted by molar-refractivity contribution is 0.0947. The van der Waals surface area contributed by atoms with Gasteiger partial charge in [0.2, 0.25) is 0 Å². The van der Waals surface area contributed by atoms with E-state index in [2.05, 4.69) is 29.5 Å². The molecule has 1 heterocycles. The fourth-order valence-electron chi connectivity index (χ4n) is 1.67. The molecule has 2 N–H and O–H groups in total. The van der Waals surface area contributed by atoms with Crippen molar-refractivity contribution >= 4 is 11.6 Å². The summed E-state index contributed by atoms with van der Waals surface area (Å²) in [6, 6.07) is 4.32. The number of nitrogens with zero attached hydrogens (tertiary/aromatic N) is 1. The van der Waals surface area contributed by atoms with Crippen molar-refractivity contribution in [3.05, 3.63) is 24.0 Å². The fraction of sp³-hybridized carbons (Fsp3) is 0.571. The molecule has 1 aromatic rings. The van der Waals surface area contributed by atoms with Gasteiger partial charge in [0.25, 0.3) is 5.91 Å². The molecule has 1 aromatic heterocycles. The quantitative estimate of drug-likeness (QED) is 0.811. The first-order valence-corrected chi connectivity index (χ1v) is 6.66. The van der Waals surface area contributed by atoms with Gasteiger partial charge in [-0.25, -0.2) is 0 Å². The third-order valence-corrected chi connectivity index (χ3v) is 2.95. The van der Waals surface area contributed by atoms with Crippen molar-refractivity contribution in [2.75, 3.05) is 11.9 Å².